The smallest absolute Gasteiger partial charge is 0.317 e. The maximum Gasteiger partial charge on any atom is 0.317 e. The van der Waals surface area contributed by atoms with Crippen molar-refractivity contribution in [2.45, 2.75) is 64.2 Å². The molecule has 1 spiro atoms. The molecular formula is C24H30FN5O2. The van der Waals surface area contributed by atoms with Gasteiger partial charge >= 0.3 is 6.03 Å². The molecule has 2 amide bonds. The van der Waals surface area contributed by atoms with Crippen LogP contribution in [0.25, 0.3) is 0 Å². The highest BCUT2D eigenvalue weighted by Gasteiger charge is 2.48. The van der Waals surface area contributed by atoms with Crippen molar-refractivity contribution in [2.75, 3.05) is 19.6 Å². The van der Waals surface area contributed by atoms with Crippen LogP contribution in [0.5, 0.6) is 0 Å². The Morgan fingerprint density at radius 3 is 2.84 bits per heavy atom. The van der Waals surface area contributed by atoms with Gasteiger partial charge in [0.2, 0.25) is 0 Å². The molecule has 0 radical (unpaired) electrons. The molecule has 5 rings (SSSR count). The molecule has 0 bridgehead atoms. The molecule has 3 aliphatic rings. The van der Waals surface area contributed by atoms with Crippen molar-refractivity contribution < 1.29 is 9.18 Å². The summed E-state index contributed by atoms with van der Waals surface area (Å²) in [7, 11) is 0. The van der Waals surface area contributed by atoms with E-state index in [1.807, 2.05) is 29.4 Å². The summed E-state index contributed by atoms with van der Waals surface area (Å²) in [5.74, 6) is 0.622. The zero-order chi connectivity index (χ0) is 22.5. The van der Waals surface area contributed by atoms with Crippen LogP contribution in [-0.2, 0) is 31.5 Å². The van der Waals surface area contributed by atoms with Crippen molar-refractivity contribution in [2.24, 2.45) is 0 Å². The summed E-state index contributed by atoms with van der Waals surface area (Å²) in [5.41, 5.74) is 2.40. The Kier molecular flexibility index (Phi) is 5.28. The quantitative estimate of drug-likeness (QED) is 0.798. The second-order valence-corrected chi connectivity index (χ2v) is 9.71. The van der Waals surface area contributed by atoms with Crippen LogP contribution in [0.2, 0.25) is 0 Å². The number of urea groups is 1. The summed E-state index contributed by atoms with van der Waals surface area (Å²) in [6.07, 6.45) is 2.40. The van der Waals surface area contributed by atoms with E-state index in [2.05, 4.69) is 10.2 Å². The van der Waals surface area contributed by atoms with Crippen molar-refractivity contribution in [3.05, 3.63) is 63.1 Å². The topological polar surface area (TPSA) is 70.5 Å². The average molecular weight is 440 g/mol. The first-order chi connectivity index (χ1) is 15.3. The molecule has 1 fully saturated rings. The Hall–Kier alpha value is -2.74. The SMILES string of the molecule is CC(C)NC(=O)N1CC[C@@]2(CCn3c2nc2c(c3=O)CN(Cc3cccc(F)c3)CC2)C1. The summed E-state index contributed by atoms with van der Waals surface area (Å²) in [5, 5.41) is 2.97. The Bertz CT molecular complexity index is 1110. The Labute approximate surface area is 187 Å². The van der Waals surface area contributed by atoms with E-state index >= 15 is 0 Å². The number of nitrogens with one attached hydrogen (secondary N) is 1. The third kappa shape index (κ3) is 3.70. The van der Waals surface area contributed by atoms with E-state index in [1.54, 1.807) is 12.1 Å². The van der Waals surface area contributed by atoms with Crippen LogP contribution in [0.1, 0.15) is 49.3 Å². The molecule has 0 aliphatic carbocycles. The third-order valence-corrected chi connectivity index (χ3v) is 7.03. The lowest BCUT2D eigenvalue weighted by molar-refractivity contribution is 0.202. The summed E-state index contributed by atoms with van der Waals surface area (Å²) in [6, 6.07) is 6.69. The first-order valence-corrected chi connectivity index (χ1v) is 11.5. The number of fused-ring (bicyclic) bond motifs is 3. The van der Waals surface area contributed by atoms with Crippen molar-refractivity contribution in [3.8, 4) is 0 Å². The lowest BCUT2D eigenvalue weighted by atomic mass is 9.85. The monoisotopic (exact) mass is 439 g/mol. The first kappa shape index (κ1) is 21.1. The van der Waals surface area contributed by atoms with E-state index in [1.165, 1.54) is 6.07 Å². The van der Waals surface area contributed by atoms with E-state index in [0.29, 0.717) is 39.1 Å². The molecule has 4 heterocycles. The number of hydrogen-bond donors (Lipinski definition) is 1. The number of likely N-dealkylation sites (tertiary alicyclic amines) is 1. The van der Waals surface area contributed by atoms with Gasteiger partial charge in [0.15, 0.2) is 0 Å². The van der Waals surface area contributed by atoms with E-state index < -0.39 is 0 Å². The number of nitrogens with zero attached hydrogens (tertiary/aromatic N) is 4. The zero-order valence-electron chi connectivity index (χ0n) is 18.7. The van der Waals surface area contributed by atoms with Gasteiger partial charge in [0, 0.05) is 57.1 Å². The summed E-state index contributed by atoms with van der Waals surface area (Å²) >= 11 is 0. The van der Waals surface area contributed by atoms with Crippen molar-refractivity contribution in [3.63, 3.8) is 0 Å². The number of carbonyl (C=O) groups excluding carboxylic acids is 1. The third-order valence-electron chi connectivity index (χ3n) is 7.03. The van der Waals surface area contributed by atoms with Gasteiger partial charge < -0.3 is 10.2 Å². The highest BCUT2D eigenvalue weighted by molar-refractivity contribution is 5.75. The van der Waals surface area contributed by atoms with Gasteiger partial charge in [-0.05, 0) is 44.4 Å². The van der Waals surface area contributed by atoms with Gasteiger partial charge in [0.25, 0.3) is 5.56 Å². The molecule has 0 saturated carbocycles. The van der Waals surface area contributed by atoms with Crippen LogP contribution in [-0.4, -0.2) is 51.1 Å². The van der Waals surface area contributed by atoms with Gasteiger partial charge in [0.05, 0.1) is 11.3 Å². The molecule has 7 nitrogen and oxygen atoms in total. The minimum absolute atomic E-state index is 0.0383. The van der Waals surface area contributed by atoms with Gasteiger partial charge in [-0.3, -0.25) is 14.3 Å². The highest BCUT2D eigenvalue weighted by atomic mass is 19.1. The van der Waals surface area contributed by atoms with Gasteiger partial charge in [-0.15, -0.1) is 0 Å². The maximum atomic E-state index is 13.5. The van der Waals surface area contributed by atoms with E-state index in [-0.39, 0.29) is 28.9 Å². The van der Waals surface area contributed by atoms with Gasteiger partial charge in [-0.25, -0.2) is 14.2 Å². The number of hydrogen-bond acceptors (Lipinski definition) is 4. The fourth-order valence-corrected chi connectivity index (χ4v) is 5.42. The number of rotatable bonds is 3. The van der Waals surface area contributed by atoms with Crippen LogP contribution in [0.3, 0.4) is 0 Å². The number of amides is 2. The maximum absolute atomic E-state index is 13.5. The Balaban J connectivity index is 1.37. The molecule has 1 atom stereocenters. The van der Waals surface area contributed by atoms with Crippen molar-refractivity contribution in [1.82, 2.24) is 24.7 Å². The number of halogens is 1. The molecule has 1 aromatic carbocycles. The fraction of sp³-hybridized carbons (Fsp3) is 0.542. The van der Waals surface area contributed by atoms with Crippen molar-refractivity contribution >= 4 is 6.03 Å². The second-order valence-electron chi connectivity index (χ2n) is 9.71. The molecule has 0 unspecified atom stereocenters. The molecular weight excluding hydrogens is 409 g/mol. The molecule has 170 valence electrons. The standard InChI is InChI=1S/C24H30FN5O2/c1-16(2)26-23(32)29-10-7-24(15-29)8-11-30-21(31)19-14-28(9-6-20(19)27-22(24)30)13-17-4-3-5-18(25)12-17/h3-5,12,16H,6-11,13-15H2,1-2H3,(H,26,32)/t24-/m1/s1. The summed E-state index contributed by atoms with van der Waals surface area (Å²) in [6.45, 7) is 7.80. The molecule has 1 saturated heterocycles. The molecule has 32 heavy (non-hydrogen) atoms. The predicted molar refractivity (Wildman–Crippen MR) is 119 cm³/mol. The largest absolute Gasteiger partial charge is 0.336 e. The summed E-state index contributed by atoms with van der Waals surface area (Å²) in [4.78, 5) is 35.0. The number of benzene rings is 1. The minimum atomic E-state index is -0.238. The summed E-state index contributed by atoms with van der Waals surface area (Å²) < 4.78 is 15.4. The second kappa shape index (κ2) is 7.99. The predicted octanol–water partition coefficient (Wildman–Crippen LogP) is 2.41. The minimum Gasteiger partial charge on any atom is -0.336 e. The van der Waals surface area contributed by atoms with Crippen LogP contribution >= 0.6 is 0 Å². The van der Waals surface area contributed by atoms with Crippen LogP contribution in [0.15, 0.2) is 29.1 Å². The average Bonchev–Trinajstić information content (AvgIpc) is 3.34. The fourth-order valence-electron chi connectivity index (χ4n) is 5.42. The lowest BCUT2D eigenvalue weighted by Gasteiger charge is -2.30. The number of carbonyl (C=O) groups is 1. The molecule has 1 N–H and O–H groups in total. The normalized spacial score (nSPS) is 22.4. The molecule has 1 aromatic heterocycles. The molecule has 2 aromatic rings. The molecule has 8 heteroatoms. The van der Waals surface area contributed by atoms with E-state index in [0.717, 1.165) is 42.0 Å². The molecule has 3 aliphatic heterocycles. The van der Waals surface area contributed by atoms with E-state index in [9.17, 15) is 14.0 Å². The van der Waals surface area contributed by atoms with Crippen LogP contribution < -0.4 is 10.9 Å². The zero-order valence-corrected chi connectivity index (χ0v) is 18.7. The van der Waals surface area contributed by atoms with E-state index in [4.69, 9.17) is 4.98 Å². The van der Waals surface area contributed by atoms with Gasteiger partial charge in [0.1, 0.15) is 11.6 Å². The first-order valence-electron chi connectivity index (χ1n) is 11.5. The van der Waals surface area contributed by atoms with Gasteiger partial charge in [-0.1, -0.05) is 12.1 Å². The highest BCUT2D eigenvalue weighted by Crippen LogP contribution is 2.41. The van der Waals surface area contributed by atoms with Gasteiger partial charge in [-0.2, -0.15) is 0 Å². The van der Waals surface area contributed by atoms with Crippen LogP contribution in [0.4, 0.5) is 9.18 Å². The Morgan fingerprint density at radius 2 is 2.06 bits per heavy atom. The lowest BCUT2D eigenvalue weighted by Crippen LogP contribution is -2.43. The Morgan fingerprint density at radius 1 is 1.25 bits per heavy atom. The number of aromatic nitrogens is 2. The van der Waals surface area contributed by atoms with Crippen molar-refractivity contribution in [1.29, 1.82) is 0 Å². The van der Waals surface area contributed by atoms with Crippen LogP contribution in [0, 0.1) is 5.82 Å².